The fourth-order valence-electron chi connectivity index (χ4n) is 2.54. The first kappa shape index (κ1) is 12.7. The van der Waals surface area contributed by atoms with Gasteiger partial charge in [0.2, 0.25) is 5.95 Å². The van der Waals surface area contributed by atoms with Gasteiger partial charge in [-0.1, -0.05) is 22.8 Å². The van der Waals surface area contributed by atoms with Crippen LogP contribution in [0.3, 0.4) is 0 Å². The molecule has 0 saturated carbocycles. The van der Waals surface area contributed by atoms with Crippen molar-refractivity contribution in [2.45, 2.75) is 13.3 Å². The SMILES string of the molecule is CC1=C(c2ccc(N)cc2)CN(c2nnnn2C)CC1. The summed E-state index contributed by atoms with van der Waals surface area (Å²) in [7, 11) is 1.86. The Morgan fingerprint density at radius 3 is 2.60 bits per heavy atom. The van der Waals surface area contributed by atoms with Gasteiger partial charge in [0.1, 0.15) is 0 Å². The number of hydrogen-bond donors (Lipinski definition) is 1. The highest BCUT2D eigenvalue weighted by Gasteiger charge is 2.21. The summed E-state index contributed by atoms with van der Waals surface area (Å²) in [6, 6.07) is 8.04. The minimum atomic E-state index is 0.789. The van der Waals surface area contributed by atoms with Crippen LogP contribution in [0, 0.1) is 0 Å². The maximum absolute atomic E-state index is 5.76. The van der Waals surface area contributed by atoms with Crippen LogP contribution < -0.4 is 10.6 Å². The van der Waals surface area contributed by atoms with Gasteiger partial charge in [-0.2, -0.15) is 0 Å². The highest BCUT2D eigenvalue weighted by atomic mass is 15.6. The molecule has 104 valence electrons. The minimum absolute atomic E-state index is 0.789. The number of rotatable bonds is 2. The van der Waals surface area contributed by atoms with Crippen molar-refractivity contribution < 1.29 is 0 Å². The highest BCUT2D eigenvalue weighted by molar-refractivity contribution is 5.74. The van der Waals surface area contributed by atoms with Crippen molar-refractivity contribution in [3.05, 3.63) is 35.4 Å². The molecule has 0 aliphatic carbocycles. The van der Waals surface area contributed by atoms with E-state index in [0.29, 0.717) is 0 Å². The number of benzene rings is 1. The normalized spacial score (nSPS) is 15.8. The van der Waals surface area contributed by atoms with E-state index in [0.717, 1.165) is 31.1 Å². The van der Waals surface area contributed by atoms with Gasteiger partial charge >= 0.3 is 0 Å². The van der Waals surface area contributed by atoms with Crippen molar-refractivity contribution in [1.82, 2.24) is 20.2 Å². The zero-order chi connectivity index (χ0) is 14.1. The maximum atomic E-state index is 5.76. The molecule has 2 heterocycles. The standard InChI is InChI=1S/C14H18N6/c1-10-7-8-20(14-16-17-18-19(14)2)9-13(10)11-3-5-12(15)6-4-11/h3-6H,7-9,15H2,1-2H3. The van der Waals surface area contributed by atoms with E-state index in [-0.39, 0.29) is 0 Å². The number of tetrazole rings is 1. The molecule has 0 saturated heterocycles. The summed E-state index contributed by atoms with van der Waals surface area (Å²) in [5.74, 6) is 0.811. The van der Waals surface area contributed by atoms with Gasteiger partial charge in [0.25, 0.3) is 0 Å². The predicted octanol–water partition coefficient (Wildman–Crippen LogP) is 1.48. The van der Waals surface area contributed by atoms with Crippen LogP contribution in [0.5, 0.6) is 0 Å². The molecule has 1 aromatic heterocycles. The summed E-state index contributed by atoms with van der Waals surface area (Å²) < 4.78 is 1.71. The first-order valence-electron chi connectivity index (χ1n) is 6.67. The third-order valence-corrected chi connectivity index (χ3v) is 3.76. The van der Waals surface area contributed by atoms with Gasteiger partial charge in [-0.25, -0.2) is 4.68 Å². The molecule has 0 fully saturated rings. The van der Waals surface area contributed by atoms with Crippen LogP contribution in [0.4, 0.5) is 11.6 Å². The van der Waals surface area contributed by atoms with E-state index in [1.54, 1.807) is 4.68 Å². The van der Waals surface area contributed by atoms with Crippen LogP contribution in [-0.2, 0) is 7.05 Å². The molecule has 2 N–H and O–H groups in total. The molecular formula is C14H18N6. The Labute approximate surface area is 117 Å². The fourth-order valence-corrected chi connectivity index (χ4v) is 2.54. The summed E-state index contributed by atoms with van der Waals surface area (Å²) in [4.78, 5) is 2.21. The number of aryl methyl sites for hydroxylation is 1. The minimum Gasteiger partial charge on any atom is -0.399 e. The summed E-state index contributed by atoms with van der Waals surface area (Å²) in [5.41, 5.74) is 10.5. The van der Waals surface area contributed by atoms with Gasteiger partial charge in [0, 0.05) is 25.8 Å². The van der Waals surface area contributed by atoms with Crippen molar-refractivity contribution in [2.75, 3.05) is 23.7 Å². The predicted molar refractivity (Wildman–Crippen MR) is 79.1 cm³/mol. The molecule has 0 spiro atoms. The van der Waals surface area contributed by atoms with Crippen molar-refractivity contribution in [3.8, 4) is 0 Å². The second kappa shape index (κ2) is 4.96. The van der Waals surface area contributed by atoms with Crippen LogP contribution in [0.2, 0.25) is 0 Å². The second-order valence-corrected chi connectivity index (χ2v) is 5.15. The quantitative estimate of drug-likeness (QED) is 0.837. The van der Waals surface area contributed by atoms with E-state index in [1.807, 2.05) is 19.2 Å². The molecule has 3 rings (SSSR count). The lowest BCUT2D eigenvalue weighted by Gasteiger charge is -2.30. The third kappa shape index (κ3) is 2.24. The van der Waals surface area contributed by atoms with Crippen LogP contribution in [0.25, 0.3) is 5.57 Å². The highest BCUT2D eigenvalue weighted by Crippen LogP contribution is 2.28. The van der Waals surface area contributed by atoms with E-state index in [2.05, 4.69) is 39.5 Å². The largest absolute Gasteiger partial charge is 0.399 e. The van der Waals surface area contributed by atoms with E-state index in [4.69, 9.17) is 5.73 Å². The van der Waals surface area contributed by atoms with Crippen LogP contribution in [-0.4, -0.2) is 33.3 Å². The summed E-state index contributed by atoms with van der Waals surface area (Å²) in [5, 5.41) is 11.7. The molecule has 6 heteroatoms. The molecular weight excluding hydrogens is 252 g/mol. The van der Waals surface area contributed by atoms with Crippen molar-refractivity contribution in [3.63, 3.8) is 0 Å². The van der Waals surface area contributed by atoms with E-state index >= 15 is 0 Å². The van der Waals surface area contributed by atoms with Gasteiger partial charge < -0.3 is 10.6 Å². The molecule has 0 atom stereocenters. The topological polar surface area (TPSA) is 72.9 Å². The van der Waals surface area contributed by atoms with Gasteiger partial charge in [-0.15, -0.1) is 0 Å². The van der Waals surface area contributed by atoms with E-state index in [1.165, 1.54) is 16.7 Å². The number of nitrogen functional groups attached to an aromatic ring is 1. The first-order valence-corrected chi connectivity index (χ1v) is 6.67. The zero-order valence-electron chi connectivity index (χ0n) is 11.7. The second-order valence-electron chi connectivity index (χ2n) is 5.15. The fraction of sp³-hybridized carbons (Fsp3) is 0.357. The summed E-state index contributed by atoms with van der Waals surface area (Å²) in [6.07, 6.45) is 1.02. The Balaban J connectivity index is 1.91. The Morgan fingerprint density at radius 1 is 1.20 bits per heavy atom. The number of nitrogens with two attached hydrogens (primary N) is 1. The molecule has 0 bridgehead atoms. The molecule has 0 radical (unpaired) electrons. The maximum Gasteiger partial charge on any atom is 0.245 e. The molecule has 1 aliphatic heterocycles. The average Bonchev–Trinajstić information content (AvgIpc) is 2.87. The Kier molecular flexibility index (Phi) is 3.14. The zero-order valence-corrected chi connectivity index (χ0v) is 11.7. The Hall–Kier alpha value is -2.37. The van der Waals surface area contributed by atoms with Crippen molar-refractivity contribution >= 4 is 17.2 Å². The first-order chi connectivity index (χ1) is 9.65. The molecule has 1 aromatic carbocycles. The number of hydrogen-bond acceptors (Lipinski definition) is 5. The van der Waals surface area contributed by atoms with Crippen LogP contribution >= 0.6 is 0 Å². The Morgan fingerprint density at radius 2 is 1.95 bits per heavy atom. The average molecular weight is 270 g/mol. The monoisotopic (exact) mass is 270 g/mol. The van der Waals surface area contributed by atoms with Crippen LogP contribution in [0.15, 0.2) is 29.8 Å². The number of aromatic nitrogens is 4. The number of anilines is 2. The molecule has 20 heavy (non-hydrogen) atoms. The van der Waals surface area contributed by atoms with Gasteiger partial charge in [-0.05, 0) is 47.0 Å². The van der Waals surface area contributed by atoms with Crippen molar-refractivity contribution in [2.24, 2.45) is 7.05 Å². The van der Waals surface area contributed by atoms with E-state index in [9.17, 15) is 0 Å². The number of nitrogens with zero attached hydrogens (tertiary/aromatic N) is 5. The molecule has 0 unspecified atom stereocenters. The van der Waals surface area contributed by atoms with Crippen LogP contribution in [0.1, 0.15) is 18.9 Å². The molecule has 1 aliphatic rings. The van der Waals surface area contributed by atoms with Gasteiger partial charge in [-0.3, -0.25) is 0 Å². The lowest BCUT2D eigenvalue weighted by molar-refractivity contribution is 0.682. The Bertz CT molecular complexity index is 640. The molecule has 2 aromatic rings. The van der Waals surface area contributed by atoms with Crippen molar-refractivity contribution in [1.29, 1.82) is 0 Å². The van der Waals surface area contributed by atoms with Gasteiger partial charge in [0.05, 0.1) is 0 Å². The lowest BCUT2D eigenvalue weighted by Crippen LogP contribution is -2.33. The smallest absolute Gasteiger partial charge is 0.245 e. The van der Waals surface area contributed by atoms with E-state index < -0.39 is 0 Å². The third-order valence-electron chi connectivity index (χ3n) is 3.76. The van der Waals surface area contributed by atoms with Gasteiger partial charge in [0.15, 0.2) is 0 Å². The molecule has 0 amide bonds. The molecule has 6 nitrogen and oxygen atoms in total. The summed E-state index contributed by atoms with van der Waals surface area (Å²) >= 11 is 0. The lowest BCUT2D eigenvalue weighted by atomic mass is 9.95. The summed E-state index contributed by atoms with van der Waals surface area (Å²) in [6.45, 7) is 3.96.